The van der Waals surface area contributed by atoms with Gasteiger partial charge in [0, 0.05) is 6.42 Å². The van der Waals surface area contributed by atoms with Crippen molar-refractivity contribution in [3.63, 3.8) is 0 Å². The molecule has 47 heavy (non-hydrogen) atoms. The van der Waals surface area contributed by atoms with Crippen LogP contribution in [0.5, 0.6) is 0 Å². The number of rotatable bonds is 39. The summed E-state index contributed by atoms with van der Waals surface area (Å²) in [6.45, 7) is 4.35. The third-order valence-corrected chi connectivity index (χ3v) is 10.0. The van der Waals surface area contributed by atoms with Crippen LogP contribution in [0, 0.1) is 0 Å². The maximum absolute atomic E-state index is 12.4. The molecule has 2 unspecified atom stereocenters. The summed E-state index contributed by atoms with van der Waals surface area (Å²) in [5.41, 5.74) is 0. The lowest BCUT2D eigenvalue weighted by Crippen LogP contribution is -2.45. The highest BCUT2D eigenvalue weighted by Gasteiger charge is 2.20. The van der Waals surface area contributed by atoms with E-state index >= 15 is 0 Å². The van der Waals surface area contributed by atoms with E-state index in [-0.39, 0.29) is 12.5 Å². The topological polar surface area (TPSA) is 69.6 Å². The van der Waals surface area contributed by atoms with E-state index in [1.807, 2.05) is 0 Å². The van der Waals surface area contributed by atoms with Gasteiger partial charge in [-0.1, -0.05) is 206 Å². The molecule has 0 fully saturated rings. The van der Waals surface area contributed by atoms with Gasteiger partial charge >= 0.3 is 0 Å². The molecule has 0 aromatic heterocycles. The van der Waals surface area contributed by atoms with Gasteiger partial charge in [0.1, 0.15) is 0 Å². The van der Waals surface area contributed by atoms with E-state index < -0.39 is 12.1 Å². The zero-order valence-corrected chi connectivity index (χ0v) is 32.1. The van der Waals surface area contributed by atoms with Gasteiger partial charge in [0.25, 0.3) is 0 Å². The number of nitrogens with one attached hydrogen (secondary N) is 1. The quantitative estimate of drug-likeness (QED) is 0.0453. The molecule has 0 aliphatic heterocycles. The summed E-state index contributed by atoms with van der Waals surface area (Å²) in [4.78, 5) is 12.4. The molecule has 4 heteroatoms. The predicted molar refractivity (Wildman–Crippen MR) is 207 cm³/mol. The third kappa shape index (κ3) is 36.2. The molecule has 2 atom stereocenters. The number of allylic oxidation sites excluding steroid dienone is 2. The van der Waals surface area contributed by atoms with Crippen molar-refractivity contribution in [2.45, 2.75) is 251 Å². The SMILES string of the molecule is CCCCCCCCCC/C=C\CCCCCCCCCCCCCCCC(=O)NC(CO)C(O)CCCCCCCCCCCC. The van der Waals surface area contributed by atoms with Crippen molar-refractivity contribution in [3.05, 3.63) is 12.2 Å². The number of unbranched alkanes of at least 4 members (excludes halogenated alkanes) is 30. The van der Waals surface area contributed by atoms with Gasteiger partial charge in [-0.15, -0.1) is 0 Å². The van der Waals surface area contributed by atoms with Gasteiger partial charge in [-0.05, 0) is 38.5 Å². The fourth-order valence-corrected chi connectivity index (χ4v) is 6.71. The Bertz CT molecular complexity index is 637. The lowest BCUT2D eigenvalue weighted by Gasteiger charge is -2.22. The summed E-state index contributed by atoms with van der Waals surface area (Å²) < 4.78 is 0. The highest BCUT2D eigenvalue weighted by atomic mass is 16.3. The van der Waals surface area contributed by atoms with E-state index in [4.69, 9.17) is 0 Å². The molecule has 0 rings (SSSR count). The van der Waals surface area contributed by atoms with Crippen LogP contribution in [-0.2, 0) is 4.79 Å². The fourth-order valence-electron chi connectivity index (χ4n) is 6.71. The Morgan fingerprint density at radius 1 is 0.489 bits per heavy atom. The number of hydrogen-bond donors (Lipinski definition) is 3. The second-order valence-corrected chi connectivity index (χ2v) is 14.8. The Morgan fingerprint density at radius 3 is 1.17 bits per heavy atom. The van der Waals surface area contributed by atoms with E-state index in [2.05, 4.69) is 31.3 Å². The van der Waals surface area contributed by atoms with Crippen LogP contribution in [0.3, 0.4) is 0 Å². The van der Waals surface area contributed by atoms with Gasteiger partial charge in [-0.3, -0.25) is 4.79 Å². The maximum atomic E-state index is 12.4. The van der Waals surface area contributed by atoms with Crippen molar-refractivity contribution in [1.82, 2.24) is 5.32 Å². The number of carbonyl (C=O) groups excluding carboxylic acids is 1. The minimum Gasteiger partial charge on any atom is -0.394 e. The van der Waals surface area contributed by atoms with Crippen LogP contribution in [0.1, 0.15) is 239 Å². The molecule has 0 saturated carbocycles. The van der Waals surface area contributed by atoms with Gasteiger partial charge in [-0.25, -0.2) is 0 Å². The van der Waals surface area contributed by atoms with Crippen LogP contribution in [0.4, 0.5) is 0 Å². The lowest BCUT2D eigenvalue weighted by atomic mass is 10.0. The first kappa shape index (κ1) is 46.1. The summed E-state index contributed by atoms with van der Waals surface area (Å²) >= 11 is 0. The van der Waals surface area contributed by atoms with Crippen LogP contribution in [-0.4, -0.2) is 34.9 Å². The number of amides is 1. The minimum atomic E-state index is -0.653. The summed E-state index contributed by atoms with van der Waals surface area (Å²) in [6.07, 6.45) is 48.6. The molecule has 4 nitrogen and oxygen atoms in total. The first-order valence-electron chi connectivity index (χ1n) is 21.4. The van der Waals surface area contributed by atoms with E-state index in [9.17, 15) is 15.0 Å². The van der Waals surface area contributed by atoms with Crippen molar-refractivity contribution in [3.8, 4) is 0 Å². The lowest BCUT2D eigenvalue weighted by molar-refractivity contribution is -0.123. The van der Waals surface area contributed by atoms with Gasteiger partial charge in [0.15, 0.2) is 0 Å². The Hall–Kier alpha value is -0.870. The minimum absolute atomic E-state index is 0.0308. The van der Waals surface area contributed by atoms with Crippen LogP contribution in [0.2, 0.25) is 0 Å². The first-order valence-corrected chi connectivity index (χ1v) is 21.4. The van der Waals surface area contributed by atoms with Crippen molar-refractivity contribution in [1.29, 1.82) is 0 Å². The molecule has 0 heterocycles. The highest BCUT2D eigenvalue weighted by molar-refractivity contribution is 5.76. The van der Waals surface area contributed by atoms with Crippen LogP contribution in [0.25, 0.3) is 0 Å². The highest BCUT2D eigenvalue weighted by Crippen LogP contribution is 2.16. The van der Waals surface area contributed by atoms with Gasteiger partial charge < -0.3 is 15.5 Å². The average molecular weight is 664 g/mol. The molecule has 3 N–H and O–H groups in total. The predicted octanol–water partition coefficient (Wildman–Crippen LogP) is 13.1. The number of carbonyl (C=O) groups is 1. The Balaban J connectivity index is 3.43. The largest absolute Gasteiger partial charge is 0.394 e. The first-order chi connectivity index (χ1) is 23.2. The summed E-state index contributed by atoms with van der Waals surface area (Å²) in [6, 6.07) is -0.530. The van der Waals surface area contributed by atoms with Crippen LogP contribution in [0.15, 0.2) is 12.2 Å². The van der Waals surface area contributed by atoms with Crippen LogP contribution >= 0.6 is 0 Å². The summed E-state index contributed by atoms with van der Waals surface area (Å²) in [5.74, 6) is -0.0308. The standard InChI is InChI=1S/C43H85NO3/c1-3-5-7-9-11-13-15-16-17-18-19-20-21-22-23-24-25-26-27-28-29-31-33-35-37-39-43(47)44-41(40-45)42(46)38-36-34-32-30-14-12-10-8-6-4-2/h18-19,41-42,45-46H,3-17,20-40H2,1-2H3,(H,44,47)/b19-18-. The smallest absolute Gasteiger partial charge is 0.220 e. The van der Waals surface area contributed by atoms with Gasteiger partial charge in [0.05, 0.1) is 18.8 Å². The summed E-state index contributed by atoms with van der Waals surface area (Å²) in [7, 11) is 0. The molecule has 0 aromatic carbocycles. The van der Waals surface area contributed by atoms with E-state index in [0.717, 1.165) is 25.7 Å². The Morgan fingerprint density at radius 2 is 0.809 bits per heavy atom. The third-order valence-electron chi connectivity index (χ3n) is 10.0. The van der Waals surface area contributed by atoms with Crippen LogP contribution < -0.4 is 5.32 Å². The molecule has 0 radical (unpaired) electrons. The molecule has 0 aliphatic rings. The monoisotopic (exact) mass is 664 g/mol. The molecular formula is C43H85NO3. The Kier molecular flexibility index (Phi) is 38.8. The molecule has 1 amide bonds. The second-order valence-electron chi connectivity index (χ2n) is 14.8. The fraction of sp³-hybridized carbons (Fsp3) is 0.930. The molecular weight excluding hydrogens is 578 g/mol. The van der Waals surface area contributed by atoms with E-state index in [1.165, 1.54) is 186 Å². The molecule has 0 spiro atoms. The average Bonchev–Trinajstić information content (AvgIpc) is 3.07. The number of aliphatic hydroxyl groups is 2. The van der Waals surface area contributed by atoms with Gasteiger partial charge in [-0.2, -0.15) is 0 Å². The molecule has 0 aliphatic carbocycles. The van der Waals surface area contributed by atoms with Gasteiger partial charge in [0.2, 0.25) is 5.91 Å². The molecule has 0 saturated heterocycles. The molecule has 280 valence electrons. The second kappa shape index (κ2) is 39.6. The van der Waals surface area contributed by atoms with E-state index in [1.54, 1.807) is 0 Å². The normalized spacial score (nSPS) is 13.0. The van der Waals surface area contributed by atoms with Crippen molar-refractivity contribution in [2.24, 2.45) is 0 Å². The van der Waals surface area contributed by atoms with Crippen molar-refractivity contribution >= 4 is 5.91 Å². The zero-order valence-electron chi connectivity index (χ0n) is 32.1. The molecule has 0 aromatic rings. The van der Waals surface area contributed by atoms with Crippen molar-refractivity contribution in [2.75, 3.05) is 6.61 Å². The Labute approximate surface area is 295 Å². The van der Waals surface area contributed by atoms with Crippen molar-refractivity contribution < 1.29 is 15.0 Å². The number of aliphatic hydroxyl groups excluding tert-OH is 2. The summed E-state index contributed by atoms with van der Waals surface area (Å²) in [5, 5.41) is 23.0. The van der Waals surface area contributed by atoms with E-state index in [0.29, 0.717) is 12.8 Å². The zero-order chi connectivity index (χ0) is 34.3. The number of hydrogen-bond acceptors (Lipinski definition) is 3. The molecule has 0 bridgehead atoms. The maximum Gasteiger partial charge on any atom is 0.220 e.